The van der Waals surface area contributed by atoms with Crippen molar-refractivity contribution in [3.05, 3.63) is 54.1 Å². The average molecular weight is 322 g/mol. The van der Waals surface area contributed by atoms with Crippen LogP contribution in [0.2, 0.25) is 0 Å². The number of nitrogens with zero attached hydrogens (tertiary/aromatic N) is 2. The van der Waals surface area contributed by atoms with E-state index < -0.39 is 0 Å². The SMILES string of the molecule is O=Cc1ccc(OCC2CCCN2c2nc3ccccc3o2)cc1. The van der Waals surface area contributed by atoms with Gasteiger partial charge in [-0.1, -0.05) is 12.1 Å². The molecule has 1 unspecified atom stereocenters. The molecule has 1 aromatic heterocycles. The van der Waals surface area contributed by atoms with E-state index in [0.717, 1.165) is 42.5 Å². The second-order valence-corrected chi connectivity index (χ2v) is 5.95. The van der Waals surface area contributed by atoms with Crippen LogP contribution < -0.4 is 9.64 Å². The molecule has 0 aliphatic carbocycles. The van der Waals surface area contributed by atoms with Crippen molar-refractivity contribution in [1.29, 1.82) is 0 Å². The number of rotatable bonds is 5. The molecule has 0 radical (unpaired) electrons. The van der Waals surface area contributed by atoms with Crippen molar-refractivity contribution in [3.63, 3.8) is 0 Å². The van der Waals surface area contributed by atoms with Gasteiger partial charge in [0.2, 0.25) is 0 Å². The van der Waals surface area contributed by atoms with Gasteiger partial charge in [0, 0.05) is 12.1 Å². The number of aromatic nitrogens is 1. The van der Waals surface area contributed by atoms with Crippen molar-refractivity contribution in [2.45, 2.75) is 18.9 Å². The van der Waals surface area contributed by atoms with Gasteiger partial charge in [0.1, 0.15) is 24.2 Å². The lowest BCUT2D eigenvalue weighted by Crippen LogP contribution is -2.34. The summed E-state index contributed by atoms with van der Waals surface area (Å²) < 4.78 is 11.8. The van der Waals surface area contributed by atoms with E-state index in [1.54, 1.807) is 12.1 Å². The summed E-state index contributed by atoms with van der Waals surface area (Å²) in [6.07, 6.45) is 2.97. The van der Waals surface area contributed by atoms with Crippen molar-refractivity contribution in [3.8, 4) is 5.75 Å². The average Bonchev–Trinajstić information content (AvgIpc) is 3.26. The molecule has 1 aliphatic rings. The third-order valence-corrected chi connectivity index (χ3v) is 4.36. The number of para-hydroxylation sites is 2. The number of benzene rings is 2. The molecule has 2 aromatic carbocycles. The van der Waals surface area contributed by atoms with E-state index in [0.29, 0.717) is 18.2 Å². The van der Waals surface area contributed by atoms with Gasteiger partial charge in [-0.2, -0.15) is 4.98 Å². The minimum Gasteiger partial charge on any atom is -0.491 e. The molecular formula is C19H18N2O3. The Kier molecular flexibility index (Phi) is 3.91. The molecule has 122 valence electrons. The topological polar surface area (TPSA) is 55.6 Å². The van der Waals surface area contributed by atoms with Gasteiger partial charge < -0.3 is 14.1 Å². The monoisotopic (exact) mass is 322 g/mol. The van der Waals surface area contributed by atoms with Crippen LogP contribution >= 0.6 is 0 Å². The summed E-state index contributed by atoms with van der Waals surface area (Å²) in [6.45, 7) is 1.49. The molecule has 4 rings (SSSR count). The van der Waals surface area contributed by atoms with Crippen molar-refractivity contribution in [1.82, 2.24) is 4.98 Å². The van der Waals surface area contributed by atoms with E-state index in [-0.39, 0.29) is 6.04 Å². The number of carbonyl (C=O) groups excluding carboxylic acids is 1. The molecule has 1 saturated heterocycles. The van der Waals surface area contributed by atoms with E-state index in [1.807, 2.05) is 36.4 Å². The first-order chi connectivity index (χ1) is 11.8. The minimum atomic E-state index is 0.240. The van der Waals surface area contributed by atoms with Gasteiger partial charge >= 0.3 is 0 Å². The van der Waals surface area contributed by atoms with Crippen LogP contribution in [0.15, 0.2) is 52.9 Å². The van der Waals surface area contributed by atoms with Gasteiger partial charge in [0.25, 0.3) is 6.01 Å². The zero-order chi connectivity index (χ0) is 16.4. The van der Waals surface area contributed by atoms with Crippen LogP contribution in [0.3, 0.4) is 0 Å². The molecule has 1 atom stereocenters. The molecule has 0 N–H and O–H groups in total. The summed E-state index contributed by atoms with van der Waals surface area (Å²) in [5.74, 6) is 0.769. The maximum absolute atomic E-state index is 10.7. The first-order valence-electron chi connectivity index (χ1n) is 8.14. The zero-order valence-electron chi connectivity index (χ0n) is 13.2. The molecule has 1 aliphatic heterocycles. The van der Waals surface area contributed by atoms with Crippen LogP contribution in [0, 0.1) is 0 Å². The highest BCUT2D eigenvalue weighted by molar-refractivity contribution is 5.75. The molecule has 3 aromatic rings. The van der Waals surface area contributed by atoms with Gasteiger partial charge in [0.05, 0.1) is 6.04 Å². The fourth-order valence-electron chi connectivity index (χ4n) is 3.08. The zero-order valence-corrected chi connectivity index (χ0v) is 13.2. The van der Waals surface area contributed by atoms with Gasteiger partial charge in [-0.15, -0.1) is 0 Å². The summed E-state index contributed by atoms with van der Waals surface area (Å²) in [4.78, 5) is 17.5. The van der Waals surface area contributed by atoms with Crippen LogP contribution in [-0.2, 0) is 0 Å². The molecule has 0 amide bonds. The Bertz CT molecular complexity index is 808. The molecule has 2 heterocycles. The van der Waals surface area contributed by atoms with E-state index in [9.17, 15) is 4.79 Å². The number of hydrogen-bond acceptors (Lipinski definition) is 5. The lowest BCUT2D eigenvalue weighted by Gasteiger charge is -2.22. The van der Waals surface area contributed by atoms with Crippen molar-refractivity contribution >= 4 is 23.4 Å². The van der Waals surface area contributed by atoms with Crippen molar-refractivity contribution < 1.29 is 13.9 Å². The van der Waals surface area contributed by atoms with E-state index in [2.05, 4.69) is 9.88 Å². The van der Waals surface area contributed by atoms with Crippen LogP contribution in [0.4, 0.5) is 6.01 Å². The molecule has 0 saturated carbocycles. The largest absolute Gasteiger partial charge is 0.491 e. The van der Waals surface area contributed by atoms with Crippen LogP contribution in [0.25, 0.3) is 11.1 Å². The number of anilines is 1. The normalized spacial score (nSPS) is 17.3. The second-order valence-electron chi connectivity index (χ2n) is 5.95. The molecule has 24 heavy (non-hydrogen) atoms. The number of oxazole rings is 1. The molecule has 5 nitrogen and oxygen atoms in total. The highest BCUT2D eigenvalue weighted by Gasteiger charge is 2.29. The highest BCUT2D eigenvalue weighted by Crippen LogP contribution is 2.28. The Hall–Kier alpha value is -2.82. The molecular weight excluding hydrogens is 304 g/mol. The maximum atomic E-state index is 10.7. The Morgan fingerprint density at radius 1 is 1.21 bits per heavy atom. The summed E-state index contributed by atoms with van der Waals surface area (Å²) in [5, 5.41) is 0. The molecule has 0 spiro atoms. The standard InChI is InChI=1S/C19H18N2O3/c22-12-14-7-9-16(10-8-14)23-13-15-4-3-11-21(15)19-20-17-5-1-2-6-18(17)24-19/h1-2,5-10,12,15H,3-4,11,13H2. The highest BCUT2D eigenvalue weighted by atomic mass is 16.5. The first kappa shape index (κ1) is 14.8. The fourth-order valence-corrected chi connectivity index (χ4v) is 3.08. The lowest BCUT2D eigenvalue weighted by atomic mass is 10.2. The summed E-state index contributed by atoms with van der Waals surface area (Å²) >= 11 is 0. The Morgan fingerprint density at radius 3 is 2.83 bits per heavy atom. The molecule has 0 bridgehead atoms. The second kappa shape index (κ2) is 6.35. The Labute approximate surface area is 139 Å². The summed E-state index contributed by atoms with van der Waals surface area (Å²) in [7, 11) is 0. The Morgan fingerprint density at radius 2 is 2.04 bits per heavy atom. The number of carbonyl (C=O) groups is 1. The lowest BCUT2D eigenvalue weighted by molar-refractivity contribution is 0.112. The third kappa shape index (κ3) is 2.85. The number of ether oxygens (including phenoxy) is 1. The van der Waals surface area contributed by atoms with Crippen molar-refractivity contribution in [2.24, 2.45) is 0 Å². The predicted molar refractivity (Wildman–Crippen MR) is 91.7 cm³/mol. The van der Waals surface area contributed by atoms with Gasteiger partial charge in [-0.05, 0) is 49.2 Å². The van der Waals surface area contributed by atoms with E-state index >= 15 is 0 Å². The van der Waals surface area contributed by atoms with Gasteiger partial charge in [-0.25, -0.2) is 0 Å². The van der Waals surface area contributed by atoms with Gasteiger partial charge in [0.15, 0.2) is 5.58 Å². The number of fused-ring (bicyclic) bond motifs is 1. The smallest absolute Gasteiger partial charge is 0.298 e. The van der Waals surface area contributed by atoms with Crippen LogP contribution in [0.1, 0.15) is 23.2 Å². The van der Waals surface area contributed by atoms with Crippen LogP contribution in [-0.4, -0.2) is 30.5 Å². The van der Waals surface area contributed by atoms with E-state index in [4.69, 9.17) is 9.15 Å². The number of hydrogen-bond donors (Lipinski definition) is 0. The van der Waals surface area contributed by atoms with Crippen molar-refractivity contribution in [2.75, 3.05) is 18.1 Å². The van der Waals surface area contributed by atoms with Gasteiger partial charge in [-0.3, -0.25) is 4.79 Å². The summed E-state index contributed by atoms with van der Waals surface area (Å²) in [6, 6.07) is 15.9. The minimum absolute atomic E-state index is 0.240. The maximum Gasteiger partial charge on any atom is 0.298 e. The number of aldehydes is 1. The Balaban J connectivity index is 1.46. The molecule has 1 fully saturated rings. The summed E-state index contributed by atoms with van der Waals surface area (Å²) in [5.41, 5.74) is 2.34. The predicted octanol–water partition coefficient (Wildman–Crippen LogP) is 3.69. The quantitative estimate of drug-likeness (QED) is 0.671. The van der Waals surface area contributed by atoms with E-state index in [1.165, 1.54) is 0 Å². The first-order valence-corrected chi connectivity index (χ1v) is 8.14. The van der Waals surface area contributed by atoms with Crippen LogP contribution in [0.5, 0.6) is 5.75 Å². The third-order valence-electron chi connectivity index (χ3n) is 4.36. The fraction of sp³-hybridized carbons (Fsp3) is 0.263. The molecule has 5 heteroatoms.